The maximum Gasteiger partial charge on any atom is 0.00303 e. The molecule has 0 bridgehead atoms. The van der Waals surface area contributed by atoms with Crippen molar-refractivity contribution in [2.45, 2.75) is 120 Å². The SMILES string of the molecule is C=CC(C)(C=CC(C)CCCC(C)CCC(C)C(C)C)CCC1C(=C)CCC(C)C1(C)C. The Morgan fingerprint density at radius 1 is 1.06 bits per heavy atom. The molecule has 0 heteroatoms. The zero-order chi connectivity index (χ0) is 24.5. The minimum Gasteiger partial charge on any atom is -0.102 e. The summed E-state index contributed by atoms with van der Waals surface area (Å²) in [6, 6.07) is 0. The van der Waals surface area contributed by atoms with E-state index in [-0.39, 0.29) is 5.41 Å². The first-order valence-corrected chi connectivity index (χ1v) is 13.8. The summed E-state index contributed by atoms with van der Waals surface area (Å²) in [5, 5.41) is 0. The van der Waals surface area contributed by atoms with Crippen molar-refractivity contribution in [2.24, 2.45) is 46.3 Å². The highest BCUT2D eigenvalue weighted by molar-refractivity contribution is 5.13. The second kappa shape index (κ2) is 13.2. The van der Waals surface area contributed by atoms with Crippen LogP contribution in [0.15, 0.2) is 37.0 Å². The van der Waals surface area contributed by atoms with Crippen molar-refractivity contribution >= 4 is 0 Å². The largest absolute Gasteiger partial charge is 0.102 e. The van der Waals surface area contributed by atoms with Crippen LogP contribution in [-0.4, -0.2) is 0 Å². The van der Waals surface area contributed by atoms with Gasteiger partial charge in [-0.05, 0) is 73.0 Å². The van der Waals surface area contributed by atoms with Crippen molar-refractivity contribution in [1.29, 1.82) is 0 Å². The zero-order valence-electron chi connectivity index (χ0n) is 23.5. The predicted molar refractivity (Wildman–Crippen MR) is 147 cm³/mol. The number of hydrogen-bond acceptors (Lipinski definition) is 0. The van der Waals surface area contributed by atoms with Gasteiger partial charge < -0.3 is 0 Å². The standard InChI is InChI=1S/C32H58/c1-12-32(11,23-21-30-28(7)18-19-29(8)31(30,9)10)22-20-26(5)15-13-14-25(4)16-17-27(6)24(2)3/h12,20,22,24-27,29-30H,1,7,13-19,21,23H2,2-6,8-11H3. The van der Waals surface area contributed by atoms with E-state index in [0.717, 1.165) is 23.7 Å². The smallest absolute Gasteiger partial charge is 0.00303 e. The molecular formula is C32H58. The lowest BCUT2D eigenvalue weighted by Crippen LogP contribution is -2.36. The van der Waals surface area contributed by atoms with E-state index in [1.54, 1.807) is 0 Å². The van der Waals surface area contributed by atoms with E-state index in [2.05, 4.69) is 93.7 Å². The van der Waals surface area contributed by atoms with Gasteiger partial charge in [-0.1, -0.05) is 118 Å². The molecule has 1 saturated carbocycles. The molecule has 6 unspecified atom stereocenters. The average molecular weight is 443 g/mol. The fourth-order valence-electron chi connectivity index (χ4n) is 5.40. The predicted octanol–water partition coefficient (Wildman–Crippen LogP) is 10.7. The summed E-state index contributed by atoms with van der Waals surface area (Å²) in [6.07, 6.45) is 18.8. The van der Waals surface area contributed by atoms with E-state index in [9.17, 15) is 0 Å². The summed E-state index contributed by atoms with van der Waals surface area (Å²) >= 11 is 0. The molecule has 32 heavy (non-hydrogen) atoms. The Balaban J connectivity index is 2.49. The fraction of sp³-hybridized carbons (Fsp3) is 0.812. The van der Waals surface area contributed by atoms with E-state index in [0.29, 0.717) is 17.3 Å². The summed E-state index contributed by atoms with van der Waals surface area (Å²) < 4.78 is 0. The molecule has 0 spiro atoms. The first-order valence-electron chi connectivity index (χ1n) is 13.8. The zero-order valence-corrected chi connectivity index (χ0v) is 23.5. The lowest BCUT2D eigenvalue weighted by molar-refractivity contribution is 0.100. The van der Waals surface area contributed by atoms with Crippen LogP contribution in [0, 0.1) is 46.3 Å². The highest BCUT2D eigenvalue weighted by Gasteiger charge is 2.40. The molecule has 0 amide bonds. The molecule has 186 valence electrons. The van der Waals surface area contributed by atoms with E-state index in [1.165, 1.54) is 63.4 Å². The van der Waals surface area contributed by atoms with Crippen LogP contribution < -0.4 is 0 Å². The molecule has 0 aromatic heterocycles. The van der Waals surface area contributed by atoms with Gasteiger partial charge in [0.2, 0.25) is 0 Å². The van der Waals surface area contributed by atoms with Gasteiger partial charge in [-0.3, -0.25) is 0 Å². The third kappa shape index (κ3) is 9.23. The van der Waals surface area contributed by atoms with Crippen LogP contribution in [0.1, 0.15) is 120 Å². The van der Waals surface area contributed by atoms with Crippen LogP contribution in [0.4, 0.5) is 0 Å². The van der Waals surface area contributed by atoms with Crippen LogP contribution in [0.25, 0.3) is 0 Å². The second-order valence-electron chi connectivity index (χ2n) is 12.9. The minimum absolute atomic E-state index is 0.0889. The van der Waals surface area contributed by atoms with Gasteiger partial charge in [-0.25, -0.2) is 0 Å². The summed E-state index contributed by atoms with van der Waals surface area (Å²) in [4.78, 5) is 0. The third-order valence-electron chi connectivity index (χ3n) is 9.41. The van der Waals surface area contributed by atoms with Gasteiger partial charge in [0.05, 0.1) is 0 Å². The van der Waals surface area contributed by atoms with Crippen molar-refractivity contribution in [3.05, 3.63) is 37.0 Å². The molecule has 0 aromatic carbocycles. The van der Waals surface area contributed by atoms with Crippen molar-refractivity contribution in [3.8, 4) is 0 Å². The van der Waals surface area contributed by atoms with E-state index in [4.69, 9.17) is 0 Å². The van der Waals surface area contributed by atoms with Gasteiger partial charge in [0, 0.05) is 5.41 Å². The van der Waals surface area contributed by atoms with Crippen LogP contribution in [0.2, 0.25) is 0 Å². The van der Waals surface area contributed by atoms with Crippen LogP contribution in [-0.2, 0) is 0 Å². The van der Waals surface area contributed by atoms with Crippen molar-refractivity contribution in [3.63, 3.8) is 0 Å². The van der Waals surface area contributed by atoms with Gasteiger partial charge in [0.25, 0.3) is 0 Å². The first-order chi connectivity index (χ1) is 14.8. The molecule has 0 saturated heterocycles. The molecule has 0 N–H and O–H groups in total. The van der Waals surface area contributed by atoms with Gasteiger partial charge in [-0.15, -0.1) is 6.58 Å². The molecule has 0 aromatic rings. The van der Waals surface area contributed by atoms with Gasteiger partial charge in [0.15, 0.2) is 0 Å². The van der Waals surface area contributed by atoms with Gasteiger partial charge >= 0.3 is 0 Å². The topological polar surface area (TPSA) is 0 Å². The molecule has 0 radical (unpaired) electrons. The Hall–Kier alpha value is -0.780. The van der Waals surface area contributed by atoms with Crippen LogP contribution >= 0.6 is 0 Å². The fourth-order valence-corrected chi connectivity index (χ4v) is 5.40. The molecule has 0 aliphatic heterocycles. The molecule has 1 fully saturated rings. The molecule has 0 nitrogen and oxygen atoms in total. The molecule has 0 heterocycles. The lowest BCUT2D eigenvalue weighted by atomic mass is 9.59. The average Bonchev–Trinajstić information content (AvgIpc) is 2.73. The summed E-state index contributed by atoms with van der Waals surface area (Å²) in [5.41, 5.74) is 1.93. The maximum atomic E-state index is 4.46. The Bertz CT molecular complexity index is 591. The van der Waals surface area contributed by atoms with Crippen molar-refractivity contribution < 1.29 is 0 Å². The number of hydrogen-bond donors (Lipinski definition) is 0. The number of rotatable bonds is 14. The first kappa shape index (κ1) is 29.3. The third-order valence-corrected chi connectivity index (χ3v) is 9.41. The quantitative estimate of drug-likeness (QED) is 0.235. The van der Waals surface area contributed by atoms with E-state index in [1.807, 2.05) is 0 Å². The van der Waals surface area contributed by atoms with E-state index >= 15 is 0 Å². The number of allylic oxidation sites excluding steroid dienone is 4. The highest BCUT2D eigenvalue weighted by Crippen LogP contribution is 2.50. The summed E-state index contributed by atoms with van der Waals surface area (Å²) in [7, 11) is 0. The minimum atomic E-state index is 0.0889. The summed E-state index contributed by atoms with van der Waals surface area (Å²) in [5.74, 6) is 4.60. The normalized spacial score (nSPS) is 26.1. The van der Waals surface area contributed by atoms with Crippen LogP contribution in [0.3, 0.4) is 0 Å². The van der Waals surface area contributed by atoms with E-state index < -0.39 is 0 Å². The Morgan fingerprint density at radius 3 is 2.31 bits per heavy atom. The lowest BCUT2D eigenvalue weighted by Gasteiger charge is -2.46. The molecule has 1 rings (SSSR count). The van der Waals surface area contributed by atoms with Crippen LogP contribution in [0.5, 0.6) is 0 Å². The molecule has 1 aliphatic rings. The van der Waals surface area contributed by atoms with Gasteiger partial charge in [-0.2, -0.15) is 0 Å². The second-order valence-corrected chi connectivity index (χ2v) is 12.9. The van der Waals surface area contributed by atoms with Gasteiger partial charge in [0.1, 0.15) is 0 Å². The summed E-state index contributed by atoms with van der Waals surface area (Å²) in [6.45, 7) is 30.3. The van der Waals surface area contributed by atoms with Crippen molar-refractivity contribution in [1.82, 2.24) is 0 Å². The monoisotopic (exact) mass is 442 g/mol. The Labute approximate surface area is 203 Å². The molecular weight excluding hydrogens is 384 g/mol. The molecule has 1 aliphatic carbocycles. The molecule has 6 atom stereocenters. The Kier molecular flexibility index (Phi) is 12.1. The van der Waals surface area contributed by atoms with Crippen molar-refractivity contribution in [2.75, 3.05) is 0 Å². The maximum absolute atomic E-state index is 4.46. The Morgan fingerprint density at radius 2 is 1.72 bits per heavy atom. The highest BCUT2D eigenvalue weighted by atomic mass is 14.4.